The summed E-state index contributed by atoms with van der Waals surface area (Å²) in [6, 6.07) is 7.66. The molecule has 0 aromatic carbocycles. The maximum absolute atomic E-state index is 12.3. The van der Waals surface area contributed by atoms with Crippen molar-refractivity contribution < 1.29 is 4.79 Å². The van der Waals surface area contributed by atoms with Gasteiger partial charge in [0.05, 0.1) is 0 Å². The Morgan fingerprint density at radius 1 is 1.25 bits per heavy atom. The van der Waals surface area contributed by atoms with Crippen LogP contribution in [0.3, 0.4) is 0 Å². The smallest absolute Gasteiger partial charge is 0.274 e. The van der Waals surface area contributed by atoms with Crippen LogP contribution < -0.4 is 4.90 Å². The van der Waals surface area contributed by atoms with E-state index in [0.29, 0.717) is 18.8 Å². The molecule has 2 aromatic rings. The molecule has 1 aliphatic rings. The first-order valence-electron chi connectivity index (χ1n) is 6.71. The van der Waals surface area contributed by atoms with Crippen LogP contribution in [-0.4, -0.2) is 52.2 Å². The van der Waals surface area contributed by atoms with E-state index in [2.05, 4.69) is 20.1 Å². The van der Waals surface area contributed by atoms with Gasteiger partial charge in [0.2, 0.25) is 0 Å². The van der Waals surface area contributed by atoms with Gasteiger partial charge in [-0.15, -0.1) is 0 Å². The van der Waals surface area contributed by atoms with Crippen molar-refractivity contribution in [2.45, 2.75) is 6.92 Å². The first-order chi connectivity index (χ1) is 9.74. The largest absolute Gasteiger partial charge is 0.353 e. The van der Waals surface area contributed by atoms with E-state index in [1.54, 1.807) is 12.3 Å². The van der Waals surface area contributed by atoms with Gasteiger partial charge in [-0.1, -0.05) is 6.07 Å². The number of carbonyl (C=O) groups is 1. The van der Waals surface area contributed by atoms with E-state index < -0.39 is 0 Å². The normalized spacial score (nSPS) is 15.4. The summed E-state index contributed by atoms with van der Waals surface area (Å²) in [5.41, 5.74) is 1.40. The van der Waals surface area contributed by atoms with Crippen molar-refractivity contribution in [2.75, 3.05) is 31.1 Å². The second-order valence-corrected chi connectivity index (χ2v) is 4.90. The monoisotopic (exact) mass is 271 g/mol. The maximum Gasteiger partial charge on any atom is 0.274 e. The summed E-state index contributed by atoms with van der Waals surface area (Å²) in [6.45, 7) is 4.88. The zero-order valence-electron chi connectivity index (χ0n) is 11.4. The van der Waals surface area contributed by atoms with Gasteiger partial charge in [-0.3, -0.25) is 9.89 Å². The van der Waals surface area contributed by atoms with Gasteiger partial charge in [-0.25, -0.2) is 4.98 Å². The number of pyridine rings is 1. The Hall–Kier alpha value is -2.37. The summed E-state index contributed by atoms with van der Waals surface area (Å²) >= 11 is 0. The number of aromatic nitrogens is 3. The van der Waals surface area contributed by atoms with Gasteiger partial charge in [-0.2, -0.15) is 5.10 Å². The molecule has 0 radical (unpaired) electrons. The topological polar surface area (TPSA) is 65.1 Å². The van der Waals surface area contributed by atoms with Gasteiger partial charge >= 0.3 is 0 Å². The highest BCUT2D eigenvalue weighted by molar-refractivity contribution is 5.92. The number of aryl methyl sites for hydroxylation is 1. The minimum Gasteiger partial charge on any atom is -0.353 e. The highest BCUT2D eigenvalue weighted by Crippen LogP contribution is 2.14. The third kappa shape index (κ3) is 2.49. The molecule has 1 N–H and O–H groups in total. The molecule has 6 heteroatoms. The lowest BCUT2D eigenvalue weighted by Gasteiger charge is -2.35. The molecule has 2 aromatic heterocycles. The van der Waals surface area contributed by atoms with Crippen molar-refractivity contribution in [1.82, 2.24) is 20.1 Å². The SMILES string of the molecule is Cc1cc(C(=O)N2CCN(c3ccccn3)CC2)n[nH]1. The van der Waals surface area contributed by atoms with Gasteiger partial charge < -0.3 is 9.80 Å². The molecule has 0 atom stereocenters. The molecule has 0 spiro atoms. The van der Waals surface area contributed by atoms with Crippen molar-refractivity contribution in [3.8, 4) is 0 Å². The minimum absolute atomic E-state index is 0.00461. The molecular weight excluding hydrogens is 254 g/mol. The second-order valence-electron chi connectivity index (χ2n) is 4.90. The van der Waals surface area contributed by atoms with Crippen molar-refractivity contribution in [3.05, 3.63) is 41.9 Å². The molecule has 20 heavy (non-hydrogen) atoms. The van der Waals surface area contributed by atoms with Crippen molar-refractivity contribution in [2.24, 2.45) is 0 Å². The number of hydrogen-bond acceptors (Lipinski definition) is 4. The predicted molar refractivity (Wildman–Crippen MR) is 75.7 cm³/mol. The fourth-order valence-electron chi connectivity index (χ4n) is 2.37. The highest BCUT2D eigenvalue weighted by atomic mass is 16.2. The molecule has 0 saturated carbocycles. The summed E-state index contributed by atoms with van der Waals surface area (Å²) in [5, 5.41) is 6.83. The fraction of sp³-hybridized carbons (Fsp3) is 0.357. The van der Waals surface area contributed by atoms with Crippen molar-refractivity contribution in [1.29, 1.82) is 0 Å². The van der Waals surface area contributed by atoms with Gasteiger partial charge in [0.1, 0.15) is 11.5 Å². The molecule has 1 saturated heterocycles. The van der Waals surface area contributed by atoms with E-state index in [9.17, 15) is 4.79 Å². The lowest BCUT2D eigenvalue weighted by atomic mass is 10.2. The lowest BCUT2D eigenvalue weighted by Crippen LogP contribution is -2.49. The third-order valence-electron chi connectivity index (χ3n) is 3.47. The van der Waals surface area contributed by atoms with E-state index in [4.69, 9.17) is 0 Å². The van der Waals surface area contributed by atoms with Crippen LogP contribution in [0.1, 0.15) is 16.2 Å². The lowest BCUT2D eigenvalue weighted by molar-refractivity contribution is 0.0740. The van der Waals surface area contributed by atoms with Crippen LogP contribution in [0.25, 0.3) is 0 Å². The summed E-state index contributed by atoms with van der Waals surface area (Å²) in [5.74, 6) is 0.963. The Labute approximate surface area is 117 Å². The number of anilines is 1. The number of rotatable bonds is 2. The van der Waals surface area contributed by atoms with E-state index in [1.807, 2.05) is 30.0 Å². The number of aromatic amines is 1. The van der Waals surface area contributed by atoms with Gasteiger partial charge in [-0.05, 0) is 25.1 Å². The number of carbonyl (C=O) groups excluding carboxylic acids is 1. The molecule has 0 aliphatic carbocycles. The minimum atomic E-state index is -0.00461. The Balaban J connectivity index is 1.63. The van der Waals surface area contributed by atoms with Gasteiger partial charge in [0.25, 0.3) is 5.91 Å². The zero-order valence-corrected chi connectivity index (χ0v) is 11.4. The quantitative estimate of drug-likeness (QED) is 0.887. The number of piperazine rings is 1. The van der Waals surface area contributed by atoms with E-state index in [1.165, 1.54) is 0 Å². The molecule has 3 heterocycles. The maximum atomic E-state index is 12.3. The Morgan fingerprint density at radius 2 is 2.05 bits per heavy atom. The second kappa shape index (κ2) is 5.32. The third-order valence-corrected chi connectivity index (χ3v) is 3.47. The summed E-state index contributed by atoms with van der Waals surface area (Å²) in [6.07, 6.45) is 1.79. The molecule has 1 fully saturated rings. The summed E-state index contributed by atoms with van der Waals surface area (Å²) in [7, 11) is 0. The van der Waals surface area contributed by atoms with E-state index in [0.717, 1.165) is 24.6 Å². The Bertz CT molecular complexity index is 587. The van der Waals surface area contributed by atoms with Crippen molar-refractivity contribution in [3.63, 3.8) is 0 Å². The molecule has 104 valence electrons. The summed E-state index contributed by atoms with van der Waals surface area (Å²) < 4.78 is 0. The van der Waals surface area contributed by atoms with E-state index in [-0.39, 0.29) is 5.91 Å². The molecule has 0 bridgehead atoms. The number of hydrogen-bond donors (Lipinski definition) is 1. The van der Waals surface area contributed by atoms with Crippen LogP contribution in [0.15, 0.2) is 30.5 Å². The van der Waals surface area contributed by atoms with Gasteiger partial charge in [0, 0.05) is 38.1 Å². The van der Waals surface area contributed by atoms with Gasteiger partial charge in [0.15, 0.2) is 0 Å². The number of nitrogens with one attached hydrogen (secondary N) is 1. The molecule has 1 amide bonds. The Kier molecular flexibility index (Phi) is 3.37. The van der Waals surface area contributed by atoms with Crippen LogP contribution >= 0.6 is 0 Å². The Morgan fingerprint density at radius 3 is 2.65 bits per heavy atom. The molecule has 0 unspecified atom stereocenters. The molecule has 1 aliphatic heterocycles. The van der Waals surface area contributed by atoms with Crippen LogP contribution in [0, 0.1) is 6.92 Å². The molecule has 3 rings (SSSR count). The first kappa shape index (κ1) is 12.7. The van der Waals surface area contributed by atoms with E-state index >= 15 is 0 Å². The van der Waals surface area contributed by atoms with Crippen LogP contribution in [-0.2, 0) is 0 Å². The van der Waals surface area contributed by atoms with Crippen LogP contribution in [0.4, 0.5) is 5.82 Å². The fourth-order valence-corrected chi connectivity index (χ4v) is 2.37. The first-order valence-corrected chi connectivity index (χ1v) is 6.71. The average molecular weight is 271 g/mol. The van der Waals surface area contributed by atoms with Crippen LogP contribution in [0.5, 0.6) is 0 Å². The number of H-pyrrole nitrogens is 1. The predicted octanol–water partition coefficient (Wildman–Crippen LogP) is 1.08. The van der Waals surface area contributed by atoms with Crippen LogP contribution in [0.2, 0.25) is 0 Å². The zero-order chi connectivity index (χ0) is 13.9. The summed E-state index contributed by atoms with van der Waals surface area (Å²) in [4.78, 5) is 20.6. The molecule has 6 nitrogen and oxygen atoms in total. The standard InChI is InChI=1S/C14H17N5O/c1-11-10-12(17-16-11)14(20)19-8-6-18(7-9-19)13-4-2-3-5-15-13/h2-5,10H,6-9H2,1H3,(H,16,17). The van der Waals surface area contributed by atoms with Crippen molar-refractivity contribution >= 4 is 11.7 Å². The number of nitrogens with zero attached hydrogens (tertiary/aromatic N) is 4. The number of amides is 1. The molecular formula is C14H17N5O. The highest BCUT2D eigenvalue weighted by Gasteiger charge is 2.23. The average Bonchev–Trinajstić information content (AvgIpc) is 2.94.